The molecule has 9 heteroatoms. The molecule has 1 fully saturated rings. The average molecular weight is 483 g/mol. The van der Waals surface area contributed by atoms with Gasteiger partial charge in [0, 0.05) is 22.8 Å². The number of rotatable bonds is 7. The summed E-state index contributed by atoms with van der Waals surface area (Å²) in [6.45, 7) is 5.87. The second kappa shape index (κ2) is 10.8. The van der Waals surface area contributed by atoms with Crippen LogP contribution in [0.4, 0.5) is 5.69 Å². The highest BCUT2D eigenvalue weighted by Crippen LogP contribution is 2.24. The first kappa shape index (κ1) is 23.9. The van der Waals surface area contributed by atoms with Crippen LogP contribution in [0, 0.1) is 12.8 Å². The lowest BCUT2D eigenvalue weighted by Gasteiger charge is -2.31. The summed E-state index contributed by atoms with van der Waals surface area (Å²) in [6, 6.07) is 12.4. The molecule has 8 nitrogen and oxygen atoms in total. The second-order valence-corrected chi connectivity index (χ2v) is 8.77. The fourth-order valence-corrected chi connectivity index (χ4v) is 4.24. The number of benzene rings is 2. The van der Waals surface area contributed by atoms with E-state index in [1.165, 1.54) is 0 Å². The third-order valence-electron chi connectivity index (χ3n) is 5.78. The molecule has 0 spiro atoms. The number of halogens is 1. The van der Waals surface area contributed by atoms with Crippen LogP contribution in [0.3, 0.4) is 0 Å². The van der Waals surface area contributed by atoms with Gasteiger partial charge < -0.3 is 14.6 Å². The molecule has 1 aliphatic rings. The molecule has 1 unspecified atom stereocenters. The quantitative estimate of drug-likeness (QED) is 0.486. The number of esters is 1. The number of amides is 1. The predicted molar refractivity (Wildman–Crippen MR) is 129 cm³/mol. The topological polar surface area (TPSA) is 97.6 Å². The molecule has 0 saturated carbocycles. The van der Waals surface area contributed by atoms with Gasteiger partial charge in [0.2, 0.25) is 17.6 Å². The number of aryl methyl sites for hydroxylation is 1. The van der Waals surface area contributed by atoms with Gasteiger partial charge in [-0.15, -0.1) is 0 Å². The van der Waals surface area contributed by atoms with Gasteiger partial charge >= 0.3 is 5.97 Å². The van der Waals surface area contributed by atoms with Crippen molar-refractivity contribution in [2.24, 2.45) is 5.92 Å². The van der Waals surface area contributed by atoms with Gasteiger partial charge in [-0.2, -0.15) is 4.98 Å². The molecule has 0 radical (unpaired) electrons. The number of nitrogens with one attached hydrogen (secondary N) is 1. The number of anilines is 1. The molecule has 34 heavy (non-hydrogen) atoms. The Labute approximate surface area is 203 Å². The van der Waals surface area contributed by atoms with E-state index in [-0.39, 0.29) is 17.8 Å². The molecular weight excluding hydrogens is 456 g/mol. The minimum Gasteiger partial charge on any atom is -0.462 e. The van der Waals surface area contributed by atoms with Crippen molar-refractivity contribution >= 4 is 29.2 Å². The minimum atomic E-state index is -0.369. The summed E-state index contributed by atoms with van der Waals surface area (Å²) in [4.78, 5) is 31.5. The van der Waals surface area contributed by atoms with E-state index in [1.807, 2.05) is 19.1 Å². The van der Waals surface area contributed by atoms with Gasteiger partial charge in [-0.3, -0.25) is 9.69 Å². The molecular formula is C25H27ClN4O4. The molecule has 1 aromatic heterocycles. The van der Waals surface area contributed by atoms with Crippen molar-refractivity contribution in [3.05, 3.63) is 64.5 Å². The number of carbonyl (C=O) groups excluding carboxylic acids is 2. The Bertz CT molecular complexity index is 1180. The fraction of sp³-hybridized carbons (Fsp3) is 0.360. The highest BCUT2D eigenvalue weighted by Gasteiger charge is 2.27. The second-order valence-electron chi connectivity index (χ2n) is 8.34. The van der Waals surface area contributed by atoms with Crippen molar-refractivity contribution in [1.29, 1.82) is 0 Å². The number of likely N-dealkylation sites (tertiary alicyclic amines) is 1. The van der Waals surface area contributed by atoms with Crippen molar-refractivity contribution in [2.45, 2.75) is 33.2 Å². The maximum atomic E-state index is 13.0. The number of nitrogens with zero attached hydrogens (tertiary/aromatic N) is 3. The summed E-state index contributed by atoms with van der Waals surface area (Å²) >= 11 is 6.05. The normalized spacial score (nSPS) is 16.3. The standard InChI is InChI=1S/C25H27ClN4O4/c1-3-33-25(32)18-9-10-21(16(2)12-18)27-24(31)19-7-5-11-30(14-19)15-22-28-23(29-34-22)17-6-4-8-20(26)13-17/h4,6,8-10,12-13,19H,3,5,7,11,14-15H2,1-2H3,(H,27,31). The zero-order valence-corrected chi connectivity index (χ0v) is 20.0. The Hall–Kier alpha value is -3.23. The molecule has 2 heterocycles. The molecule has 1 aliphatic heterocycles. The molecule has 0 aliphatic carbocycles. The van der Waals surface area contributed by atoms with Gasteiger partial charge in [-0.05, 0) is 69.1 Å². The lowest BCUT2D eigenvalue weighted by molar-refractivity contribution is -0.121. The average Bonchev–Trinajstić information content (AvgIpc) is 3.29. The minimum absolute atomic E-state index is 0.0400. The Morgan fingerprint density at radius 3 is 2.88 bits per heavy atom. The zero-order chi connectivity index (χ0) is 24.1. The summed E-state index contributed by atoms with van der Waals surface area (Å²) in [6.07, 6.45) is 1.70. The van der Waals surface area contributed by atoms with Crippen LogP contribution in [0.2, 0.25) is 5.02 Å². The highest BCUT2D eigenvalue weighted by atomic mass is 35.5. The molecule has 1 atom stereocenters. The fourth-order valence-electron chi connectivity index (χ4n) is 4.05. The monoisotopic (exact) mass is 482 g/mol. The molecule has 1 amide bonds. The van der Waals surface area contributed by atoms with Crippen molar-refractivity contribution in [2.75, 3.05) is 25.0 Å². The summed E-state index contributed by atoms with van der Waals surface area (Å²) in [7, 11) is 0. The van der Waals surface area contributed by atoms with Crippen molar-refractivity contribution in [3.8, 4) is 11.4 Å². The molecule has 178 valence electrons. The third kappa shape index (κ3) is 5.81. The number of hydrogen-bond donors (Lipinski definition) is 1. The van der Waals surface area contributed by atoms with Crippen molar-refractivity contribution in [1.82, 2.24) is 15.0 Å². The van der Waals surface area contributed by atoms with Gasteiger partial charge in [0.05, 0.1) is 24.6 Å². The Morgan fingerprint density at radius 1 is 1.26 bits per heavy atom. The van der Waals surface area contributed by atoms with Gasteiger partial charge in [0.1, 0.15) is 0 Å². The van der Waals surface area contributed by atoms with Crippen LogP contribution in [-0.2, 0) is 16.1 Å². The smallest absolute Gasteiger partial charge is 0.338 e. The maximum Gasteiger partial charge on any atom is 0.338 e. The summed E-state index contributed by atoms with van der Waals surface area (Å²) in [5.41, 5.74) is 2.77. The molecule has 0 bridgehead atoms. The van der Waals surface area contributed by atoms with E-state index in [9.17, 15) is 9.59 Å². The molecule has 1 N–H and O–H groups in total. The largest absolute Gasteiger partial charge is 0.462 e. The van der Waals surface area contributed by atoms with Gasteiger partial charge in [0.15, 0.2) is 0 Å². The predicted octanol–water partition coefficient (Wildman–Crippen LogP) is 4.73. The van der Waals surface area contributed by atoms with Crippen LogP contribution < -0.4 is 5.32 Å². The summed E-state index contributed by atoms with van der Waals surface area (Å²) in [5.74, 6) is 0.424. The Kier molecular flexibility index (Phi) is 7.59. The van der Waals surface area contributed by atoms with Crippen LogP contribution in [0.1, 0.15) is 41.6 Å². The maximum absolute atomic E-state index is 13.0. The van der Waals surface area contributed by atoms with Gasteiger partial charge in [-0.25, -0.2) is 4.79 Å². The van der Waals surface area contributed by atoms with Gasteiger partial charge in [0.25, 0.3) is 0 Å². The van der Waals surface area contributed by atoms with E-state index >= 15 is 0 Å². The van der Waals surface area contributed by atoms with E-state index in [1.54, 1.807) is 37.3 Å². The van der Waals surface area contributed by atoms with Crippen LogP contribution in [0.15, 0.2) is 47.0 Å². The molecule has 4 rings (SSSR count). The van der Waals surface area contributed by atoms with E-state index in [0.29, 0.717) is 47.7 Å². The van der Waals surface area contributed by atoms with E-state index in [0.717, 1.165) is 30.5 Å². The molecule has 1 saturated heterocycles. The first-order valence-corrected chi connectivity index (χ1v) is 11.7. The van der Waals surface area contributed by atoms with E-state index < -0.39 is 0 Å². The van der Waals surface area contributed by atoms with Crippen LogP contribution in [-0.4, -0.2) is 46.6 Å². The third-order valence-corrected chi connectivity index (χ3v) is 6.02. The van der Waals surface area contributed by atoms with Crippen LogP contribution in [0.25, 0.3) is 11.4 Å². The zero-order valence-electron chi connectivity index (χ0n) is 19.2. The number of ether oxygens (including phenoxy) is 1. The summed E-state index contributed by atoms with van der Waals surface area (Å²) < 4.78 is 10.5. The lowest BCUT2D eigenvalue weighted by atomic mass is 9.96. The van der Waals surface area contributed by atoms with Gasteiger partial charge in [-0.1, -0.05) is 28.9 Å². The summed E-state index contributed by atoms with van der Waals surface area (Å²) in [5, 5.41) is 7.68. The Morgan fingerprint density at radius 2 is 2.12 bits per heavy atom. The van der Waals surface area contributed by atoms with E-state index in [4.69, 9.17) is 20.9 Å². The SMILES string of the molecule is CCOC(=O)c1ccc(NC(=O)C2CCCN(Cc3nc(-c4cccc(Cl)c4)no3)C2)c(C)c1. The molecule has 3 aromatic rings. The van der Waals surface area contributed by atoms with Crippen LogP contribution >= 0.6 is 11.6 Å². The first-order chi connectivity index (χ1) is 16.4. The number of piperidine rings is 1. The van der Waals surface area contributed by atoms with Crippen molar-refractivity contribution < 1.29 is 18.8 Å². The number of hydrogen-bond acceptors (Lipinski definition) is 7. The first-order valence-electron chi connectivity index (χ1n) is 11.3. The van der Waals surface area contributed by atoms with Crippen molar-refractivity contribution in [3.63, 3.8) is 0 Å². The highest BCUT2D eigenvalue weighted by molar-refractivity contribution is 6.30. The lowest BCUT2D eigenvalue weighted by Crippen LogP contribution is -2.40. The van der Waals surface area contributed by atoms with E-state index in [2.05, 4.69) is 20.4 Å². The molecule has 2 aromatic carbocycles. The number of aromatic nitrogens is 2. The number of carbonyl (C=O) groups is 2. The van der Waals surface area contributed by atoms with Crippen LogP contribution in [0.5, 0.6) is 0 Å². The Balaban J connectivity index is 1.36.